The van der Waals surface area contributed by atoms with Crippen LogP contribution in [0.2, 0.25) is 0 Å². The van der Waals surface area contributed by atoms with Gasteiger partial charge in [-0.3, -0.25) is 0 Å². The van der Waals surface area contributed by atoms with Crippen molar-refractivity contribution in [1.29, 1.82) is 0 Å². The Kier molecular flexibility index (Phi) is 7.06. The monoisotopic (exact) mass is 353 g/mol. The van der Waals surface area contributed by atoms with Crippen LogP contribution >= 0.6 is 23.7 Å². The van der Waals surface area contributed by atoms with Gasteiger partial charge in [0, 0.05) is 13.1 Å². The summed E-state index contributed by atoms with van der Waals surface area (Å²) in [6, 6.07) is 0. The molecule has 1 fully saturated rings. The molecule has 1 saturated heterocycles. The summed E-state index contributed by atoms with van der Waals surface area (Å²) < 4.78 is 27.3. The summed E-state index contributed by atoms with van der Waals surface area (Å²) >= 11 is 1.28. The van der Waals surface area contributed by atoms with Gasteiger partial charge >= 0.3 is 0 Å². The van der Waals surface area contributed by atoms with Crippen LogP contribution in [-0.2, 0) is 10.0 Å². The van der Waals surface area contributed by atoms with Gasteiger partial charge in [-0.15, -0.1) is 23.7 Å². The molecule has 0 amide bonds. The SMILES string of the molecule is CCNCC1CCN(S(=O)(=O)c2sc(C)nc2C)CC1.Cl. The topological polar surface area (TPSA) is 62.3 Å². The van der Waals surface area contributed by atoms with Crippen molar-refractivity contribution in [2.45, 2.75) is 37.8 Å². The molecule has 1 aliphatic rings. The maximum Gasteiger partial charge on any atom is 0.254 e. The third-order valence-electron chi connectivity index (χ3n) is 3.69. The number of rotatable bonds is 5. The van der Waals surface area contributed by atoms with Gasteiger partial charge in [-0.05, 0) is 45.7 Å². The molecule has 0 atom stereocenters. The van der Waals surface area contributed by atoms with Crippen LogP contribution in [0.5, 0.6) is 0 Å². The van der Waals surface area contributed by atoms with Crippen molar-refractivity contribution in [3.05, 3.63) is 10.7 Å². The van der Waals surface area contributed by atoms with Crippen molar-refractivity contribution < 1.29 is 8.42 Å². The van der Waals surface area contributed by atoms with E-state index in [2.05, 4.69) is 17.2 Å². The van der Waals surface area contributed by atoms with Crippen LogP contribution in [-0.4, -0.2) is 43.9 Å². The lowest BCUT2D eigenvalue weighted by Crippen LogP contribution is -2.40. The minimum Gasteiger partial charge on any atom is -0.317 e. The van der Waals surface area contributed by atoms with Crippen molar-refractivity contribution in [3.63, 3.8) is 0 Å². The number of thiazole rings is 1. The van der Waals surface area contributed by atoms with E-state index in [0.29, 0.717) is 28.9 Å². The second kappa shape index (κ2) is 7.87. The maximum atomic E-state index is 12.6. The van der Waals surface area contributed by atoms with Crippen LogP contribution in [0, 0.1) is 19.8 Å². The molecular weight excluding hydrogens is 330 g/mol. The zero-order chi connectivity index (χ0) is 14.8. The summed E-state index contributed by atoms with van der Waals surface area (Å²) in [5, 5.41) is 4.15. The molecule has 2 heterocycles. The van der Waals surface area contributed by atoms with E-state index in [9.17, 15) is 8.42 Å². The molecule has 2 rings (SSSR count). The van der Waals surface area contributed by atoms with Gasteiger partial charge in [0.15, 0.2) is 4.21 Å². The number of hydrogen-bond donors (Lipinski definition) is 1. The van der Waals surface area contributed by atoms with E-state index < -0.39 is 10.0 Å². The van der Waals surface area contributed by atoms with E-state index in [1.807, 2.05) is 6.92 Å². The summed E-state index contributed by atoms with van der Waals surface area (Å²) in [7, 11) is -3.35. The second-order valence-corrected chi connectivity index (χ2v) is 8.60. The maximum absolute atomic E-state index is 12.6. The lowest BCUT2D eigenvalue weighted by Gasteiger charge is -2.31. The van der Waals surface area contributed by atoms with Crippen molar-refractivity contribution in [1.82, 2.24) is 14.6 Å². The summed E-state index contributed by atoms with van der Waals surface area (Å²) in [5.74, 6) is 0.589. The standard InChI is InChI=1S/C13H23N3O2S2.ClH/c1-4-14-9-12-5-7-16(8-6-12)20(17,18)13-10(2)15-11(3)19-13;/h12,14H,4-9H2,1-3H3;1H. The van der Waals surface area contributed by atoms with E-state index in [1.54, 1.807) is 11.2 Å². The van der Waals surface area contributed by atoms with Gasteiger partial charge in [0.1, 0.15) is 0 Å². The Morgan fingerprint density at radius 1 is 1.33 bits per heavy atom. The minimum atomic E-state index is -3.35. The number of nitrogens with one attached hydrogen (secondary N) is 1. The molecule has 1 aromatic heterocycles. The number of hydrogen-bond acceptors (Lipinski definition) is 5. The quantitative estimate of drug-likeness (QED) is 0.881. The second-order valence-electron chi connectivity index (χ2n) is 5.26. The molecule has 5 nitrogen and oxygen atoms in total. The number of aromatic nitrogens is 1. The molecule has 0 bridgehead atoms. The Labute approximate surface area is 137 Å². The van der Waals surface area contributed by atoms with Crippen LogP contribution in [0.25, 0.3) is 0 Å². The molecule has 0 aliphatic carbocycles. The van der Waals surface area contributed by atoms with Gasteiger partial charge in [0.25, 0.3) is 10.0 Å². The molecule has 122 valence electrons. The van der Waals surface area contributed by atoms with Crippen LogP contribution in [0.15, 0.2) is 4.21 Å². The fourth-order valence-electron chi connectivity index (χ4n) is 2.57. The van der Waals surface area contributed by atoms with Crippen LogP contribution in [0.4, 0.5) is 0 Å². The first-order valence-electron chi connectivity index (χ1n) is 7.10. The minimum absolute atomic E-state index is 0. The number of halogens is 1. The number of piperidine rings is 1. The van der Waals surface area contributed by atoms with E-state index in [1.165, 1.54) is 11.3 Å². The third kappa shape index (κ3) is 4.39. The summed E-state index contributed by atoms with van der Waals surface area (Å²) in [6.07, 6.45) is 1.87. The molecule has 1 aromatic rings. The highest BCUT2D eigenvalue weighted by Crippen LogP contribution is 2.29. The van der Waals surface area contributed by atoms with Crippen molar-refractivity contribution in [3.8, 4) is 0 Å². The molecule has 0 aromatic carbocycles. The number of sulfonamides is 1. The van der Waals surface area contributed by atoms with Crippen LogP contribution in [0.3, 0.4) is 0 Å². The smallest absolute Gasteiger partial charge is 0.254 e. The van der Waals surface area contributed by atoms with Gasteiger partial charge < -0.3 is 5.32 Å². The van der Waals surface area contributed by atoms with Crippen LogP contribution < -0.4 is 5.32 Å². The molecule has 0 unspecified atom stereocenters. The van der Waals surface area contributed by atoms with Crippen molar-refractivity contribution in [2.75, 3.05) is 26.2 Å². The van der Waals surface area contributed by atoms with Gasteiger partial charge in [-0.25, -0.2) is 13.4 Å². The predicted molar refractivity (Wildman–Crippen MR) is 88.9 cm³/mol. The Bertz CT molecular complexity index is 552. The Balaban J connectivity index is 0.00000220. The first-order chi connectivity index (χ1) is 9.45. The molecule has 8 heteroatoms. The van der Waals surface area contributed by atoms with Crippen molar-refractivity contribution >= 4 is 33.8 Å². The predicted octanol–water partition coefficient (Wildman–Crippen LogP) is 2.19. The van der Waals surface area contributed by atoms with Gasteiger partial charge in [-0.2, -0.15) is 4.31 Å². The molecule has 1 aliphatic heterocycles. The third-order valence-corrected chi connectivity index (χ3v) is 7.25. The Hall–Kier alpha value is -0.210. The average Bonchev–Trinajstić information content (AvgIpc) is 2.76. The van der Waals surface area contributed by atoms with E-state index in [4.69, 9.17) is 0 Å². The summed E-state index contributed by atoms with van der Waals surface area (Å²) in [6.45, 7) is 8.91. The number of aryl methyl sites for hydroxylation is 2. The van der Waals surface area contributed by atoms with E-state index in [-0.39, 0.29) is 12.4 Å². The molecule has 1 N–H and O–H groups in total. The van der Waals surface area contributed by atoms with E-state index in [0.717, 1.165) is 30.9 Å². The van der Waals surface area contributed by atoms with E-state index >= 15 is 0 Å². The molecule has 21 heavy (non-hydrogen) atoms. The zero-order valence-electron chi connectivity index (χ0n) is 12.8. The molecule has 0 spiro atoms. The Morgan fingerprint density at radius 2 is 1.95 bits per heavy atom. The number of nitrogens with zero attached hydrogens (tertiary/aromatic N) is 2. The van der Waals surface area contributed by atoms with Gasteiger partial charge in [0.2, 0.25) is 0 Å². The molecule has 0 saturated carbocycles. The zero-order valence-corrected chi connectivity index (χ0v) is 15.2. The van der Waals surface area contributed by atoms with Crippen molar-refractivity contribution in [2.24, 2.45) is 5.92 Å². The normalized spacial score (nSPS) is 17.7. The average molecular weight is 354 g/mol. The summed E-state index contributed by atoms with van der Waals surface area (Å²) in [4.78, 5) is 4.23. The highest BCUT2D eigenvalue weighted by Gasteiger charge is 2.31. The van der Waals surface area contributed by atoms with Gasteiger partial charge in [-0.1, -0.05) is 6.92 Å². The molecule has 0 radical (unpaired) electrons. The highest BCUT2D eigenvalue weighted by molar-refractivity contribution is 7.91. The molecular formula is C13H24ClN3O2S2. The largest absolute Gasteiger partial charge is 0.317 e. The highest BCUT2D eigenvalue weighted by atomic mass is 35.5. The first kappa shape index (κ1) is 18.8. The first-order valence-corrected chi connectivity index (χ1v) is 9.35. The summed E-state index contributed by atoms with van der Waals surface area (Å²) in [5.41, 5.74) is 0.627. The fraction of sp³-hybridized carbons (Fsp3) is 0.769. The Morgan fingerprint density at radius 3 is 2.43 bits per heavy atom. The van der Waals surface area contributed by atoms with Crippen LogP contribution in [0.1, 0.15) is 30.5 Å². The van der Waals surface area contributed by atoms with Gasteiger partial charge in [0.05, 0.1) is 10.7 Å². The lowest BCUT2D eigenvalue weighted by molar-refractivity contribution is 0.269. The fourth-order valence-corrected chi connectivity index (χ4v) is 5.66. The lowest BCUT2D eigenvalue weighted by atomic mass is 9.98.